The molecule has 6 nitrogen and oxygen atoms in total. The van der Waals surface area contributed by atoms with Crippen molar-refractivity contribution in [3.8, 4) is 11.5 Å². The quantitative estimate of drug-likeness (QED) is 0.379. The summed E-state index contributed by atoms with van der Waals surface area (Å²) >= 11 is 24.1. The van der Waals surface area contributed by atoms with Crippen LogP contribution in [0.2, 0.25) is 20.1 Å². The smallest absolute Gasteiger partial charge is 0.259 e. The minimum absolute atomic E-state index is 0.136. The third kappa shape index (κ3) is 5.40. The molecular weight excluding hydrogens is 498 g/mol. The van der Waals surface area contributed by atoms with E-state index in [0.717, 1.165) is 0 Å². The first-order valence-corrected chi connectivity index (χ1v) is 10.5. The molecule has 166 valence electrons. The number of ether oxygens (including phenoxy) is 2. The van der Waals surface area contributed by atoms with Crippen LogP contribution in [0.1, 0.15) is 20.7 Å². The Kier molecular flexibility index (Phi) is 7.74. The number of hydrogen-bond donors (Lipinski definition) is 2. The van der Waals surface area contributed by atoms with E-state index in [-0.39, 0.29) is 32.7 Å². The van der Waals surface area contributed by atoms with Crippen LogP contribution in [0.15, 0.2) is 48.5 Å². The van der Waals surface area contributed by atoms with Crippen LogP contribution in [0, 0.1) is 0 Å². The second-order valence-corrected chi connectivity index (χ2v) is 8.10. The van der Waals surface area contributed by atoms with Gasteiger partial charge in [-0.2, -0.15) is 0 Å². The molecule has 0 aliphatic rings. The van der Waals surface area contributed by atoms with Crippen molar-refractivity contribution < 1.29 is 19.1 Å². The molecule has 0 heterocycles. The second kappa shape index (κ2) is 10.3. The van der Waals surface area contributed by atoms with Gasteiger partial charge in [0.2, 0.25) is 0 Å². The number of carbonyl (C=O) groups is 2. The molecule has 0 bridgehead atoms. The summed E-state index contributed by atoms with van der Waals surface area (Å²) in [6.45, 7) is 0. The fourth-order valence-corrected chi connectivity index (χ4v) is 3.73. The zero-order valence-corrected chi connectivity index (χ0v) is 19.8. The van der Waals surface area contributed by atoms with E-state index in [4.69, 9.17) is 55.9 Å². The first kappa shape index (κ1) is 24.0. The number of rotatable bonds is 6. The van der Waals surface area contributed by atoms with Gasteiger partial charge in [-0.05, 0) is 48.5 Å². The van der Waals surface area contributed by atoms with Gasteiger partial charge < -0.3 is 20.1 Å². The summed E-state index contributed by atoms with van der Waals surface area (Å²) in [5.74, 6) is -0.726. The summed E-state index contributed by atoms with van der Waals surface area (Å²) in [6.07, 6.45) is 0. The summed E-state index contributed by atoms with van der Waals surface area (Å²) in [6, 6.07) is 12.1. The van der Waals surface area contributed by atoms with Crippen LogP contribution in [0.4, 0.5) is 11.4 Å². The van der Waals surface area contributed by atoms with E-state index in [0.29, 0.717) is 21.4 Å². The molecule has 0 saturated heterocycles. The van der Waals surface area contributed by atoms with Crippen molar-refractivity contribution >= 4 is 69.6 Å². The molecule has 3 aromatic rings. The zero-order chi connectivity index (χ0) is 23.4. The molecule has 0 radical (unpaired) electrons. The summed E-state index contributed by atoms with van der Waals surface area (Å²) in [4.78, 5) is 25.8. The van der Waals surface area contributed by atoms with Crippen LogP contribution < -0.4 is 20.1 Å². The van der Waals surface area contributed by atoms with Gasteiger partial charge in [-0.1, -0.05) is 46.4 Å². The number of anilines is 2. The molecule has 2 N–H and O–H groups in total. The lowest BCUT2D eigenvalue weighted by Gasteiger charge is -2.16. The normalized spacial score (nSPS) is 10.4. The van der Waals surface area contributed by atoms with Gasteiger partial charge in [-0.25, -0.2) is 0 Å². The molecule has 0 fully saturated rings. The highest BCUT2D eigenvalue weighted by molar-refractivity contribution is 6.37. The van der Waals surface area contributed by atoms with Crippen LogP contribution in [-0.4, -0.2) is 26.0 Å². The first-order chi connectivity index (χ1) is 15.2. The van der Waals surface area contributed by atoms with Crippen molar-refractivity contribution in [2.24, 2.45) is 0 Å². The molecule has 0 aliphatic carbocycles. The Labute approximate surface area is 204 Å². The van der Waals surface area contributed by atoms with Crippen molar-refractivity contribution in [3.63, 3.8) is 0 Å². The minimum Gasteiger partial charge on any atom is -0.496 e. The Bertz CT molecular complexity index is 1110. The number of methoxy groups -OCH3 is 2. The van der Waals surface area contributed by atoms with Crippen molar-refractivity contribution in [1.29, 1.82) is 0 Å². The van der Waals surface area contributed by atoms with Gasteiger partial charge in [0, 0.05) is 10.0 Å². The van der Waals surface area contributed by atoms with Crippen LogP contribution in [0.3, 0.4) is 0 Å². The van der Waals surface area contributed by atoms with E-state index in [1.165, 1.54) is 38.5 Å². The largest absolute Gasteiger partial charge is 0.496 e. The summed E-state index contributed by atoms with van der Waals surface area (Å²) < 4.78 is 10.7. The van der Waals surface area contributed by atoms with E-state index < -0.39 is 11.8 Å². The Balaban J connectivity index is 1.93. The van der Waals surface area contributed by atoms with E-state index in [2.05, 4.69) is 10.6 Å². The number of carbonyl (C=O) groups excluding carboxylic acids is 2. The molecule has 0 unspecified atom stereocenters. The van der Waals surface area contributed by atoms with Gasteiger partial charge in [0.15, 0.2) is 0 Å². The van der Waals surface area contributed by atoms with Gasteiger partial charge in [0.1, 0.15) is 11.5 Å². The first-order valence-electron chi connectivity index (χ1n) is 9.02. The lowest BCUT2D eigenvalue weighted by Crippen LogP contribution is -2.17. The molecule has 0 aliphatic heterocycles. The molecule has 0 saturated carbocycles. The standard InChI is InChI=1S/C22H16Cl4N2O4/c1-31-19-9-14(22(30)28-18-6-4-12(24)8-16(18)26)20(32-2)10-13(19)21(29)27-17-5-3-11(23)7-15(17)25/h3-10H,1-2H3,(H,27,29)(H,28,30). The number of amides is 2. The second-order valence-electron chi connectivity index (χ2n) is 6.41. The van der Waals surface area contributed by atoms with E-state index in [1.54, 1.807) is 24.3 Å². The molecule has 0 aromatic heterocycles. The van der Waals surface area contributed by atoms with Crippen LogP contribution in [0.25, 0.3) is 0 Å². The van der Waals surface area contributed by atoms with Crippen molar-refractivity contribution in [2.75, 3.05) is 24.9 Å². The van der Waals surface area contributed by atoms with Crippen molar-refractivity contribution in [1.82, 2.24) is 0 Å². The predicted octanol–water partition coefficient (Wildman–Crippen LogP) is 6.82. The average molecular weight is 514 g/mol. The average Bonchev–Trinajstić information content (AvgIpc) is 2.76. The molecule has 32 heavy (non-hydrogen) atoms. The van der Waals surface area contributed by atoms with Gasteiger partial charge in [0.05, 0.1) is 46.8 Å². The summed E-state index contributed by atoms with van der Waals surface area (Å²) in [7, 11) is 2.76. The molecule has 3 rings (SSSR count). The molecule has 0 atom stereocenters. The molecular formula is C22H16Cl4N2O4. The maximum absolute atomic E-state index is 12.9. The minimum atomic E-state index is -0.517. The number of benzene rings is 3. The van der Waals surface area contributed by atoms with Crippen LogP contribution >= 0.6 is 46.4 Å². The Hall–Kier alpha value is -2.64. The van der Waals surface area contributed by atoms with Crippen molar-refractivity contribution in [3.05, 3.63) is 79.7 Å². The maximum atomic E-state index is 12.9. The lowest BCUT2D eigenvalue weighted by molar-refractivity contribution is 0.101. The van der Waals surface area contributed by atoms with E-state index in [9.17, 15) is 9.59 Å². The van der Waals surface area contributed by atoms with Gasteiger partial charge in [-0.3, -0.25) is 9.59 Å². The topological polar surface area (TPSA) is 76.7 Å². The maximum Gasteiger partial charge on any atom is 0.259 e. The molecule has 3 aromatic carbocycles. The molecule has 2 amide bonds. The summed E-state index contributed by atoms with van der Waals surface area (Å²) in [5.41, 5.74) is 0.996. The monoisotopic (exact) mass is 512 g/mol. The third-order valence-corrected chi connectivity index (χ3v) is 5.47. The lowest BCUT2D eigenvalue weighted by atomic mass is 10.1. The highest BCUT2D eigenvalue weighted by Crippen LogP contribution is 2.33. The van der Waals surface area contributed by atoms with Crippen molar-refractivity contribution in [2.45, 2.75) is 0 Å². The van der Waals surface area contributed by atoms with Gasteiger partial charge in [-0.15, -0.1) is 0 Å². The predicted molar refractivity (Wildman–Crippen MR) is 128 cm³/mol. The SMILES string of the molecule is COc1cc(C(=O)Nc2ccc(Cl)cc2Cl)c(OC)cc1C(=O)Nc1ccc(Cl)cc1Cl. The zero-order valence-electron chi connectivity index (χ0n) is 16.8. The third-order valence-electron chi connectivity index (χ3n) is 4.37. The fourth-order valence-electron chi connectivity index (χ4n) is 2.81. The highest BCUT2D eigenvalue weighted by Gasteiger charge is 2.22. The Morgan fingerprint density at radius 1 is 0.656 bits per heavy atom. The Morgan fingerprint density at radius 2 is 1.03 bits per heavy atom. The Morgan fingerprint density at radius 3 is 1.34 bits per heavy atom. The number of halogens is 4. The van der Waals surface area contributed by atoms with E-state index in [1.807, 2.05) is 0 Å². The van der Waals surface area contributed by atoms with E-state index >= 15 is 0 Å². The van der Waals surface area contributed by atoms with Crippen LogP contribution in [0.5, 0.6) is 11.5 Å². The van der Waals surface area contributed by atoms with Gasteiger partial charge >= 0.3 is 0 Å². The molecule has 0 spiro atoms. The fraction of sp³-hybridized carbons (Fsp3) is 0.0909. The highest BCUT2D eigenvalue weighted by atomic mass is 35.5. The van der Waals surface area contributed by atoms with Gasteiger partial charge in [0.25, 0.3) is 11.8 Å². The number of nitrogens with one attached hydrogen (secondary N) is 2. The van der Waals surface area contributed by atoms with Crippen LogP contribution in [-0.2, 0) is 0 Å². The number of hydrogen-bond acceptors (Lipinski definition) is 4. The molecule has 10 heteroatoms. The summed E-state index contributed by atoms with van der Waals surface area (Å²) in [5, 5.41) is 6.78.